The molecule has 0 spiro atoms. The molecule has 0 aromatic carbocycles. The molecular weight excluding hydrogens is 670 g/mol. The van der Waals surface area contributed by atoms with E-state index in [0.717, 1.165) is 54.8 Å². The molecule has 1 nitrogen and oxygen atoms in total. The number of alkyl halides is 1. The van der Waals surface area contributed by atoms with Gasteiger partial charge in [-0.05, 0) is 158 Å². The molecule has 0 N–H and O–H groups in total. The Morgan fingerprint density at radius 3 is 0.945 bits per heavy atom. The van der Waals surface area contributed by atoms with Gasteiger partial charge in [-0.2, -0.15) is 5.26 Å². The van der Waals surface area contributed by atoms with Crippen molar-refractivity contribution in [3.63, 3.8) is 0 Å². The number of nitriles is 1. The van der Waals surface area contributed by atoms with Gasteiger partial charge in [-0.3, -0.25) is 0 Å². The number of halogens is 1. The third-order valence-electron chi connectivity index (χ3n) is 12.7. The Bertz CT molecular complexity index is 1100. The van der Waals surface area contributed by atoms with Gasteiger partial charge in [0.15, 0.2) is 0 Å². The minimum Gasteiger partial charge on any atom is -0.244 e. The van der Waals surface area contributed by atoms with Crippen molar-refractivity contribution >= 4 is 0 Å². The van der Waals surface area contributed by atoms with E-state index in [1.165, 1.54) is 83.5 Å². The van der Waals surface area contributed by atoms with E-state index in [2.05, 4.69) is 145 Å². The maximum absolute atomic E-state index is 13.0. The maximum Gasteiger partial charge on any atom is 0.111 e. The first-order chi connectivity index (χ1) is 24.3. The van der Waals surface area contributed by atoms with Crippen molar-refractivity contribution in [2.75, 3.05) is 0 Å². The number of hydrogen-bond acceptors (Lipinski definition) is 1. The molecular formula is C53H102FN. The quantitative estimate of drug-likeness (QED) is 0.273. The molecule has 6 fully saturated rings. The molecule has 2 unspecified atom stereocenters. The highest BCUT2D eigenvalue weighted by molar-refractivity contribution is 5.06. The first-order valence-electron chi connectivity index (χ1n) is 23.4. The molecule has 6 aliphatic rings. The lowest BCUT2D eigenvalue weighted by Crippen LogP contribution is -2.32. The molecule has 0 saturated heterocycles. The van der Waals surface area contributed by atoms with Gasteiger partial charge >= 0.3 is 0 Å². The fourth-order valence-corrected chi connectivity index (χ4v) is 9.20. The summed E-state index contributed by atoms with van der Waals surface area (Å²) in [6, 6.07) is 2.47. The third-order valence-corrected chi connectivity index (χ3v) is 12.7. The van der Waals surface area contributed by atoms with Gasteiger partial charge in [-0.15, -0.1) is 0 Å². The van der Waals surface area contributed by atoms with Crippen LogP contribution in [0.15, 0.2) is 0 Å². The van der Waals surface area contributed by atoms with Crippen LogP contribution >= 0.6 is 0 Å². The van der Waals surface area contributed by atoms with E-state index in [1.807, 2.05) is 0 Å². The fraction of sp³-hybridized carbons (Fsp3) is 0.981. The van der Waals surface area contributed by atoms with Gasteiger partial charge in [0.2, 0.25) is 0 Å². The first kappa shape index (κ1) is 52.4. The van der Waals surface area contributed by atoms with Crippen LogP contribution in [-0.2, 0) is 0 Å². The molecule has 0 amide bonds. The van der Waals surface area contributed by atoms with Gasteiger partial charge in [0, 0.05) is 0 Å². The minimum atomic E-state index is -0.826. The maximum atomic E-state index is 13.0. The van der Waals surface area contributed by atoms with Gasteiger partial charge in [-0.25, -0.2) is 4.39 Å². The summed E-state index contributed by atoms with van der Waals surface area (Å²) in [6.07, 6.45) is 23.9. The molecule has 0 bridgehead atoms. The Morgan fingerprint density at radius 2 is 0.873 bits per heavy atom. The third kappa shape index (κ3) is 26.9. The van der Waals surface area contributed by atoms with E-state index >= 15 is 0 Å². The molecule has 55 heavy (non-hydrogen) atoms. The summed E-state index contributed by atoms with van der Waals surface area (Å²) in [5, 5.41) is 8.95. The Hall–Kier alpha value is -0.580. The smallest absolute Gasteiger partial charge is 0.111 e. The van der Waals surface area contributed by atoms with Crippen molar-refractivity contribution < 1.29 is 4.39 Å². The van der Waals surface area contributed by atoms with Crippen molar-refractivity contribution in [2.45, 2.75) is 267 Å². The monoisotopic (exact) mass is 772 g/mol. The number of nitrogens with zero attached hydrogens (tertiary/aromatic N) is 1. The SMILES string of the molecule is CC(C)(C)C1CCC1.CC(C)(C)CC1(C#N)CCC1.CC(C)(C)CC1(C)CC1.CC(C)(C)CC1(C)CC1.CC(C)(C)CC1CC1.CC(C)(C)CC1CC1(C)F. The van der Waals surface area contributed by atoms with Crippen LogP contribution in [-0.4, -0.2) is 5.67 Å². The van der Waals surface area contributed by atoms with E-state index in [0.29, 0.717) is 38.4 Å². The molecule has 6 rings (SSSR count). The summed E-state index contributed by atoms with van der Waals surface area (Å²) in [6.45, 7) is 47.6. The normalized spacial score (nSPS) is 25.9. The summed E-state index contributed by atoms with van der Waals surface area (Å²) in [5.74, 6) is 2.46. The second kappa shape index (κ2) is 19.2. The largest absolute Gasteiger partial charge is 0.244 e. The summed E-state index contributed by atoms with van der Waals surface area (Å²) in [5.41, 5.74) is 3.59. The Morgan fingerprint density at radius 1 is 0.509 bits per heavy atom. The molecule has 6 aliphatic carbocycles. The van der Waals surface area contributed by atoms with E-state index in [-0.39, 0.29) is 5.41 Å². The van der Waals surface area contributed by atoms with E-state index in [1.54, 1.807) is 6.92 Å². The number of rotatable bonds is 5. The van der Waals surface area contributed by atoms with Crippen LogP contribution in [0.1, 0.15) is 261 Å². The fourth-order valence-electron chi connectivity index (χ4n) is 9.20. The molecule has 6 saturated carbocycles. The van der Waals surface area contributed by atoms with Gasteiger partial charge in [0.25, 0.3) is 0 Å². The molecule has 326 valence electrons. The summed E-state index contributed by atoms with van der Waals surface area (Å²) in [7, 11) is 0. The van der Waals surface area contributed by atoms with Crippen LogP contribution in [0.25, 0.3) is 0 Å². The van der Waals surface area contributed by atoms with Crippen LogP contribution in [0.5, 0.6) is 0 Å². The number of hydrogen-bond donors (Lipinski definition) is 0. The zero-order valence-corrected chi connectivity index (χ0v) is 41.8. The Labute approximate surface area is 347 Å². The second-order valence-corrected chi connectivity index (χ2v) is 28.2. The first-order valence-corrected chi connectivity index (χ1v) is 23.4. The van der Waals surface area contributed by atoms with Crippen molar-refractivity contribution in [3.05, 3.63) is 0 Å². The molecule has 2 atom stereocenters. The summed E-state index contributed by atoms with van der Waals surface area (Å²) in [4.78, 5) is 0. The van der Waals surface area contributed by atoms with Gasteiger partial charge in [0.05, 0.1) is 11.5 Å². The zero-order chi connectivity index (χ0) is 43.2. The highest BCUT2D eigenvalue weighted by Crippen LogP contribution is 2.54. The van der Waals surface area contributed by atoms with Gasteiger partial charge in [-0.1, -0.05) is 164 Å². The predicted molar refractivity (Wildman–Crippen MR) is 244 cm³/mol. The van der Waals surface area contributed by atoms with Crippen molar-refractivity contribution in [1.29, 1.82) is 5.26 Å². The summed E-state index contributed by atoms with van der Waals surface area (Å²) < 4.78 is 13.0. The predicted octanol–water partition coefficient (Wildman–Crippen LogP) is 18.4. The van der Waals surface area contributed by atoms with E-state index in [4.69, 9.17) is 5.26 Å². The van der Waals surface area contributed by atoms with Crippen LogP contribution in [0, 0.1) is 77.8 Å². The zero-order valence-electron chi connectivity index (χ0n) is 41.8. The molecule has 0 heterocycles. The van der Waals surface area contributed by atoms with E-state index < -0.39 is 5.67 Å². The lowest BCUT2D eigenvalue weighted by Gasteiger charge is -2.39. The average Bonchev–Trinajstić information content (AvgIpc) is 3.73. The van der Waals surface area contributed by atoms with Crippen LogP contribution in [0.4, 0.5) is 4.39 Å². The highest BCUT2D eigenvalue weighted by atomic mass is 19.1. The van der Waals surface area contributed by atoms with Gasteiger partial charge in [0.1, 0.15) is 5.67 Å². The Kier molecular flexibility index (Phi) is 18.3. The summed E-state index contributed by atoms with van der Waals surface area (Å²) >= 11 is 0. The van der Waals surface area contributed by atoms with Crippen molar-refractivity contribution in [1.82, 2.24) is 0 Å². The minimum absolute atomic E-state index is 0.0538. The lowest BCUT2D eigenvalue weighted by molar-refractivity contribution is 0.133. The van der Waals surface area contributed by atoms with Crippen LogP contribution in [0.2, 0.25) is 0 Å². The van der Waals surface area contributed by atoms with E-state index in [9.17, 15) is 4.39 Å². The Balaban J connectivity index is 0.000000331. The molecule has 0 radical (unpaired) electrons. The lowest BCUT2D eigenvalue weighted by atomic mass is 9.62. The van der Waals surface area contributed by atoms with Crippen LogP contribution in [0.3, 0.4) is 0 Å². The molecule has 0 aromatic rings. The van der Waals surface area contributed by atoms with Crippen LogP contribution < -0.4 is 0 Å². The molecule has 2 heteroatoms. The van der Waals surface area contributed by atoms with Crippen molar-refractivity contribution in [3.8, 4) is 6.07 Å². The molecule has 0 aromatic heterocycles. The second-order valence-electron chi connectivity index (χ2n) is 28.2. The highest BCUT2D eigenvalue weighted by Gasteiger charge is 2.51. The topological polar surface area (TPSA) is 23.8 Å². The average molecular weight is 772 g/mol. The molecule has 0 aliphatic heterocycles. The standard InChI is InChI=1S/C10H17N.C9H17F.2C9H18.2C8H16/c1-9(2,3)7-10(8-11)5-4-6-10;1-8(2,3)5-7-6-9(7,4)10;2*1-8(2,3)7-9(4)5-6-9;1-8(2,3)6-7-4-5-7;1-8(2,3)7-5-4-6-7/h4-7H2,1-3H3;7H,5-6H2,1-4H3;2*5-7H2,1-4H3;2*7H,4-6H2,1-3H3. The van der Waals surface area contributed by atoms with Gasteiger partial charge < -0.3 is 0 Å². The van der Waals surface area contributed by atoms with Crippen molar-refractivity contribution in [2.24, 2.45) is 66.5 Å².